The highest BCUT2D eigenvalue weighted by molar-refractivity contribution is 7.91. The van der Waals surface area contributed by atoms with E-state index in [1.165, 1.54) is 18.5 Å². The van der Waals surface area contributed by atoms with Gasteiger partial charge in [0.05, 0.1) is 11.3 Å². The molecule has 0 atom stereocenters. The van der Waals surface area contributed by atoms with Crippen LogP contribution >= 0.6 is 0 Å². The summed E-state index contributed by atoms with van der Waals surface area (Å²) in [5.74, 6) is -0.517. The molecule has 0 saturated carbocycles. The lowest BCUT2D eigenvalue weighted by molar-refractivity contribution is -0.137. The van der Waals surface area contributed by atoms with E-state index < -0.39 is 44.5 Å². The van der Waals surface area contributed by atoms with Gasteiger partial charge in [-0.3, -0.25) is 0 Å². The van der Waals surface area contributed by atoms with E-state index in [0.717, 1.165) is 18.3 Å². The van der Waals surface area contributed by atoms with Crippen molar-refractivity contribution in [1.29, 1.82) is 0 Å². The Morgan fingerprint density at radius 2 is 1.87 bits per heavy atom. The van der Waals surface area contributed by atoms with E-state index in [2.05, 4.69) is 20.1 Å². The van der Waals surface area contributed by atoms with Gasteiger partial charge in [0.25, 0.3) is 6.43 Å². The number of nitrogens with zero attached hydrogens (tertiary/aromatic N) is 6. The molecule has 164 valence electrons. The minimum absolute atomic E-state index is 0.0345. The average Bonchev–Trinajstić information content (AvgIpc) is 3.25. The fraction of sp³-hybridized carbons (Fsp3) is 0.294. The van der Waals surface area contributed by atoms with E-state index in [1.807, 2.05) is 0 Å². The Bertz CT molecular complexity index is 1420. The van der Waals surface area contributed by atoms with Crippen molar-refractivity contribution in [2.24, 2.45) is 7.05 Å². The number of rotatable bonds is 4. The van der Waals surface area contributed by atoms with Crippen molar-refractivity contribution in [2.75, 3.05) is 5.75 Å². The molecule has 0 spiro atoms. The van der Waals surface area contributed by atoms with Gasteiger partial charge in [-0.15, -0.1) is 0 Å². The Morgan fingerprint density at radius 1 is 1.16 bits per heavy atom. The Labute approximate surface area is 171 Å². The van der Waals surface area contributed by atoms with Gasteiger partial charge in [-0.25, -0.2) is 36.7 Å². The third-order valence-corrected chi connectivity index (χ3v) is 6.31. The minimum atomic E-state index is -4.66. The van der Waals surface area contributed by atoms with Crippen molar-refractivity contribution in [3.63, 3.8) is 0 Å². The molecule has 14 heteroatoms. The summed E-state index contributed by atoms with van der Waals surface area (Å²) in [6.07, 6.45) is -5.95. The average molecular weight is 460 g/mol. The number of alkyl halides is 5. The van der Waals surface area contributed by atoms with Gasteiger partial charge in [-0.2, -0.15) is 18.3 Å². The number of aromatic nitrogens is 6. The smallest absolute Gasteiger partial charge is 0.312 e. The number of aryl methyl sites for hydroxylation is 1. The quantitative estimate of drug-likeness (QED) is 0.433. The van der Waals surface area contributed by atoms with Crippen molar-refractivity contribution >= 4 is 26.6 Å². The molecule has 4 rings (SSSR count). The van der Waals surface area contributed by atoms with E-state index in [1.54, 1.807) is 0 Å². The second-order valence-electron chi connectivity index (χ2n) is 6.55. The fourth-order valence-electron chi connectivity index (χ4n) is 3.11. The van der Waals surface area contributed by atoms with Crippen LogP contribution in [-0.4, -0.2) is 43.3 Å². The zero-order valence-corrected chi connectivity index (χ0v) is 16.7. The van der Waals surface area contributed by atoms with Gasteiger partial charge in [0, 0.05) is 19.4 Å². The highest BCUT2D eigenvalue weighted by Gasteiger charge is 2.33. The van der Waals surface area contributed by atoms with Crippen molar-refractivity contribution in [3.05, 3.63) is 35.8 Å². The molecule has 0 unspecified atom stereocenters. The lowest BCUT2D eigenvalue weighted by Crippen LogP contribution is -2.07. The van der Waals surface area contributed by atoms with Crippen LogP contribution in [-0.2, 0) is 23.1 Å². The van der Waals surface area contributed by atoms with Gasteiger partial charge >= 0.3 is 6.18 Å². The second-order valence-corrected chi connectivity index (χ2v) is 8.74. The topological polar surface area (TPSA) is 95.0 Å². The monoisotopic (exact) mass is 460 g/mol. The molecule has 0 aliphatic rings. The standard InChI is InChI=1S/C17H13F5N6O2S/c1-3-31(29,30)16-11(14-23-5-4-10(12(18)19)28(14)26-16)15-25-9-6-8(17(20,21)22)7-24-13(9)27(15)2/h4-7,12H,3H2,1-2H3. The number of hydrogen-bond donors (Lipinski definition) is 0. The summed E-state index contributed by atoms with van der Waals surface area (Å²) in [6.45, 7) is 1.34. The molecule has 4 aromatic heterocycles. The first-order valence-electron chi connectivity index (χ1n) is 8.74. The molecule has 0 radical (unpaired) electrons. The summed E-state index contributed by atoms with van der Waals surface area (Å²) in [5, 5.41) is 3.30. The number of halogens is 5. The van der Waals surface area contributed by atoms with E-state index in [9.17, 15) is 30.4 Å². The van der Waals surface area contributed by atoms with Crippen LogP contribution in [0, 0.1) is 0 Å². The molecule has 0 aliphatic heterocycles. The maximum atomic E-state index is 13.4. The van der Waals surface area contributed by atoms with Crippen molar-refractivity contribution in [3.8, 4) is 11.4 Å². The first-order chi connectivity index (χ1) is 14.5. The molecule has 0 N–H and O–H groups in total. The van der Waals surface area contributed by atoms with Crippen molar-refractivity contribution in [2.45, 2.75) is 24.6 Å². The van der Waals surface area contributed by atoms with Gasteiger partial charge in [-0.1, -0.05) is 6.92 Å². The van der Waals surface area contributed by atoms with Crippen LogP contribution in [0.25, 0.3) is 28.2 Å². The van der Waals surface area contributed by atoms with E-state index in [4.69, 9.17) is 0 Å². The van der Waals surface area contributed by atoms with Crippen LogP contribution in [0.2, 0.25) is 0 Å². The van der Waals surface area contributed by atoms with E-state index in [0.29, 0.717) is 10.7 Å². The van der Waals surface area contributed by atoms with Gasteiger partial charge in [-0.05, 0) is 12.1 Å². The summed E-state index contributed by atoms with van der Waals surface area (Å²) < 4.78 is 93.3. The second kappa shape index (κ2) is 6.93. The van der Waals surface area contributed by atoms with Crippen LogP contribution in [0.3, 0.4) is 0 Å². The van der Waals surface area contributed by atoms with Crippen LogP contribution in [0.5, 0.6) is 0 Å². The summed E-state index contributed by atoms with van der Waals surface area (Å²) in [5.41, 5.74) is -2.18. The zero-order chi connectivity index (χ0) is 22.7. The summed E-state index contributed by atoms with van der Waals surface area (Å²) >= 11 is 0. The number of fused-ring (bicyclic) bond motifs is 2. The molecule has 4 aromatic rings. The molecular formula is C17H13F5N6O2S. The predicted octanol–water partition coefficient (Wildman–Crippen LogP) is 3.43. The molecule has 31 heavy (non-hydrogen) atoms. The molecule has 0 saturated heterocycles. The Hall–Kier alpha value is -3.16. The fourth-order valence-corrected chi connectivity index (χ4v) is 4.09. The lowest BCUT2D eigenvalue weighted by atomic mass is 10.2. The molecule has 0 aliphatic carbocycles. The van der Waals surface area contributed by atoms with Crippen LogP contribution in [0.4, 0.5) is 22.0 Å². The summed E-state index contributed by atoms with van der Waals surface area (Å²) in [4.78, 5) is 11.9. The molecule has 4 heterocycles. The number of sulfone groups is 1. The van der Waals surface area contributed by atoms with Gasteiger partial charge in [0.1, 0.15) is 22.6 Å². The Morgan fingerprint density at radius 3 is 2.48 bits per heavy atom. The summed E-state index contributed by atoms with van der Waals surface area (Å²) in [6, 6.07) is 1.76. The first-order valence-corrected chi connectivity index (χ1v) is 10.4. The van der Waals surface area contributed by atoms with Crippen LogP contribution < -0.4 is 0 Å². The third kappa shape index (κ3) is 3.30. The molecule has 0 bridgehead atoms. The highest BCUT2D eigenvalue weighted by atomic mass is 32.2. The maximum absolute atomic E-state index is 13.4. The first kappa shape index (κ1) is 21.1. The molecule has 0 amide bonds. The number of imidazole rings is 1. The highest BCUT2D eigenvalue weighted by Crippen LogP contribution is 2.35. The van der Waals surface area contributed by atoms with Crippen molar-refractivity contribution < 1.29 is 30.4 Å². The maximum Gasteiger partial charge on any atom is 0.417 e. The predicted molar refractivity (Wildman–Crippen MR) is 98.2 cm³/mol. The number of pyridine rings is 1. The van der Waals surface area contributed by atoms with Gasteiger partial charge in [0.15, 0.2) is 26.2 Å². The van der Waals surface area contributed by atoms with Gasteiger partial charge in [0.2, 0.25) is 0 Å². The SMILES string of the molecule is CCS(=O)(=O)c1nn2c(C(F)F)ccnc2c1-c1nc2cc(C(F)(F)F)cnc2n1C. The van der Waals surface area contributed by atoms with Crippen LogP contribution in [0.1, 0.15) is 24.6 Å². The zero-order valence-electron chi connectivity index (χ0n) is 15.9. The minimum Gasteiger partial charge on any atom is -0.312 e. The van der Waals surface area contributed by atoms with E-state index in [-0.39, 0.29) is 28.2 Å². The largest absolute Gasteiger partial charge is 0.417 e. The molecule has 8 nitrogen and oxygen atoms in total. The van der Waals surface area contributed by atoms with Crippen LogP contribution in [0.15, 0.2) is 29.6 Å². The third-order valence-electron chi connectivity index (χ3n) is 4.67. The molecule has 0 aromatic carbocycles. The Kier molecular flexibility index (Phi) is 4.72. The van der Waals surface area contributed by atoms with Gasteiger partial charge < -0.3 is 4.57 Å². The van der Waals surface area contributed by atoms with E-state index >= 15 is 0 Å². The normalized spacial score (nSPS) is 13.0. The number of hydrogen-bond acceptors (Lipinski definition) is 6. The molecule has 0 fully saturated rings. The van der Waals surface area contributed by atoms with Crippen molar-refractivity contribution in [1.82, 2.24) is 29.1 Å². The lowest BCUT2D eigenvalue weighted by Gasteiger charge is -2.05. The molecular weight excluding hydrogens is 447 g/mol. The Balaban J connectivity index is 2.10. The summed E-state index contributed by atoms with van der Waals surface area (Å²) in [7, 11) is -2.63.